The number of rotatable bonds is 5. The van der Waals surface area contributed by atoms with Crippen molar-refractivity contribution in [2.75, 3.05) is 11.9 Å². The summed E-state index contributed by atoms with van der Waals surface area (Å²) in [5, 5.41) is 3.51. The molecular weight excluding hydrogens is 338 g/mol. The van der Waals surface area contributed by atoms with Crippen LogP contribution in [0.15, 0.2) is 48.7 Å². The third-order valence-corrected chi connectivity index (χ3v) is 5.57. The van der Waals surface area contributed by atoms with Crippen LogP contribution in [0.1, 0.15) is 55.7 Å². The number of likely N-dealkylation sites (tertiary alicyclic amines) is 1. The number of hydrogen-bond acceptors (Lipinski definition) is 4. The molecule has 1 saturated carbocycles. The van der Waals surface area contributed by atoms with Gasteiger partial charge < -0.3 is 15.0 Å². The Morgan fingerprint density at radius 1 is 1.07 bits per heavy atom. The fourth-order valence-corrected chi connectivity index (χ4v) is 4.10. The van der Waals surface area contributed by atoms with Crippen molar-refractivity contribution in [2.24, 2.45) is 0 Å². The number of anilines is 1. The van der Waals surface area contributed by atoms with Gasteiger partial charge in [-0.3, -0.25) is 0 Å². The Morgan fingerprint density at radius 2 is 1.89 bits per heavy atom. The molecule has 1 aromatic carbocycles. The second-order valence-electron chi connectivity index (χ2n) is 7.49. The molecule has 2 aromatic rings. The highest BCUT2D eigenvalue weighted by Crippen LogP contribution is 2.32. The van der Waals surface area contributed by atoms with Gasteiger partial charge in [0.1, 0.15) is 12.4 Å². The monoisotopic (exact) mass is 365 g/mol. The van der Waals surface area contributed by atoms with Gasteiger partial charge in [-0.25, -0.2) is 9.78 Å². The predicted octanol–water partition coefficient (Wildman–Crippen LogP) is 4.91. The number of aromatic nitrogens is 1. The maximum Gasteiger partial charge on any atom is 0.410 e. The van der Waals surface area contributed by atoms with Crippen molar-refractivity contribution in [3.8, 4) is 0 Å². The van der Waals surface area contributed by atoms with Crippen molar-refractivity contribution in [3.05, 3.63) is 59.8 Å². The van der Waals surface area contributed by atoms with Gasteiger partial charge in [0.25, 0.3) is 0 Å². The summed E-state index contributed by atoms with van der Waals surface area (Å²) < 4.78 is 5.53. The highest BCUT2D eigenvalue weighted by molar-refractivity contribution is 5.68. The van der Waals surface area contributed by atoms with Crippen LogP contribution in [-0.4, -0.2) is 28.6 Å². The third kappa shape index (κ3) is 4.41. The Kier molecular flexibility index (Phi) is 5.56. The number of nitrogens with zero attached hydrogens (tertiary/aromatic N) is 2. The zero-order valence-electron chi connectivity index (χ0n) is 15.6. The van der Waals surface area contributed by atoms with E-state index in [1.807, 2.05) is 47.5 Å². The summed E-state index contributed by atoms with van der Waals surface area (Å²) in [4.78, 5) is 19.0. The van der Waals surface area contributed by atoms with Crippen molar-refractivity contribution in [2.45, 2.75) is 57.2 Å². The summed E-state index contributed by atoms with van der Waals surface area (Å²) in [7, 11) is 0. The second kappa shape index (κ2) is 8.42. The second-order valence-corrected chi connectivity index (χ2v) is 7.49. The Morgan fingerprint density at radius 3 is 2.63 bits per heavy atom. The quantitative estimate of drug-likeness (QED) is 0.818. The van der Waals surface area contributed by atoms with Crippen molar-refractivity contribution in [1.82, 2.24) is 9.88 Å². The minimum Gasteiger partial charge on any atom is -0.445 e. The highest BCUT2D eigenvalue weighted by atomic mass is 16.6. The Bertz CT molecular complexity index is 742. The number of hydrogen-bond donors (Lipinski definition) is 1. The first-order chi connectivity index (χ1) is 13.3. The Labute approximate surface area is 160 Å². The number of amides is 1. The summed E-state index contributed by atoms with van der Waals surface area (Å²) in [5.74, 6) is 0.932. The minimum atomic E-state index is -0.241. The first-order valence-corrected chi connectivity index (χ1v) is 9.99. The Hall–Kier alpha value is -2.56. The lowest BCUT2D eigenvalue weighted by atomic mass is 10.1. The lowest BCUT2D eigenvalue weighted by molar-refractivity contribution is 0.0920. The molecule has 5 heteroatoms. The predicted molar refractivity (Wildman–Crippen MR) is 105 cm³/mol. The zero-order chi connectivity index (χ0) is 18.5. The standard InChI is InChI=1S/C22H27N3O2/c26-22(27-16-17-7-2-1-3-8-17)25-14-6-11-20(25)18-12-13-21(23-15-18)24-19-9-4-5-10-19/h1-3,7-8,12-13,15,19-20H,4-6,9-11,14,16H2,(H,23,24)/t20-/m0/s1. The SMILES string of the molecule is O=C(OCc1ccccc1)N1CCC[C@H]1c1ccc(NC2CCCC2)nc1. The van der Waals surface area contributed by atoms with Crippen LogP contribution in [0.2, 0.25) is 0 Å². The number of benzene rings is 1. The molecule has 1 atom stereocenters. The van der Waals surface area contributed by atoms with Gasteiger partial charge in [-0.05, 0) is 42.9 Å². The van der Waals surface area contributed by atoms with E-state index < -0.39 is 0 Å². The molecule has 1 saturated heterocycles. The molecule has 0 radical (unpaired) electrons. The Balaban J connectivity index is 1.36. The number of carbonyl (C=O) groups excluding carboxylic acids is 1. The van der Waals surface area contributed by atoms with E-state index in [0.717, 1.165) is 36.3 Å². The molecule has 0 unspecified atom stereocenters. The molecule has 27 heavy (non-hydrogen) atoms. The van der Waals surface area contributed by atoms with Crippen LogP contribution in [0.5, 0.6) is 0 Å². The maximum absolute atomic E-state index is 12.6. The smallest absolute Gasteiger partial charge is 0.410 e. The number of nitrogens with one attached hydrogen (secondary N) is 1. The first-order valence-electron chi connectivity index (χ1n) is 9.99. The minimum absolute atomic E-state index is 0.0568. The van der Waals surface area contributed by atoms with E-state index in [1.54, 1.807) is 0 Å². The van der Waals surface area contributed by atoms with E-state index in [2.05, 4.69) is 16.4 Å². The van der Waals surface area contributed by atoms with E-state index in [-0.39, 0.29) is 12.1 Å². The molecule has 5 nitrogen and oxygen atoms in total. The summed E-state index contributed by atoms with van der Waals surface area (Å²) in [5.41, 5.74) is 2.09. The molecule has 1 N–H and O–H groups in total. The number of carbonyl (C=O) groups is 1. The fraction of sp³-hybridized carbons (Fsp3) is 0.455. The van der Waals surface area contributed by atoms with Gasteiger partial charge in [-0.1, -0.05) is 49.2 Å². The molecule has 142 valence electrons. The summed E-state index contributed by atoms with van der Waals surface area (Å²) in [6.45, 7) is 1.05. The van der Waals surface area contributed by atoms with Crippen LogP contribution in [0.25, 0.3) is 0 Å². The van der Waals surface area contributed by atoms with E-state index >= 15 is 0 Å². The first kappa shape index (κ1) is 17.8. The van der Waals surface area contributed by atoms with Crippen LogP contribution in [-0.2, 0) is 11.3 Å². The van der Waals surface area contributed by atoms with Crippen molar-refractivity contribution in [1.29, 1.82) is 0 Å². The fourth-order valence-electron chi connectivity index (χ4n) is 4.10. The van der Waals surface area contributed by atoms with Gasteiger partial charge in [0, 0.05) is 18.8 Å². The third-order valence-electron chi connectivity index (χ3n) is 5.57. The molecule has 4 rings (SSSR count). The molecule has 1 aliphatic heterocycles. The number of pyridine rings is 1. The average Bonchev–Trinajstić information content (AvgIpc) is 3.40. The highest BCUT2D eigenvalue weighted by Gasteiger charge is 2.31. The van der Waals surface area contributed by atoms with Gasteiger partial charge in [0.05, 0.1) is 6.04 Å². The summed E-state index contributed by atoms with van der Waals surface area (Å²) >= 11 is 0. The maximum atomic E-state index is 12.6. The van der Waals surface area contributed by atoms with Crippen LogP contribution >= 0.6 is 0 Å². The van der Waals surface area contributed by atoms with Gasteiger partial charge in [-0.2, -0.15) is 0 Å². The van der Waals surface area contributed by atoms with Gasteiger partial charge in [0.2, 0.25) is 0 Å². The molecule has 1 amide bonds. The van der Waals surface area contributed by atoms with Crippen molar-refractivity contribution < 1.29 is 9.53 Å². The van der Waals surface area contributed by atoms with Gasteiger partial charge in [0.15, 0.2) is 0 Å². The summed E-state index contributed by atoms with van der Waals surface area (Å²) in [6, 6.07) is 14.5. The van der Waals surface area contributed by atoms with Crippen LogP contribution in [0.4, 0.5) is 10.6 Å². The van der Waals surface area contributed by atoms with Gasteiger partial charge >= 0.3 is 6.09 Å². The molecule has 2 heterocycles. The molecule has 2 fully saturated rings. The average molecular weight is 365 g/mol. The molecule has 1 aliphatic carbocycles. The van der Waals surface area contributed by atoms with E-state index in [9.17, 15) is 4.79 Å². The van der Waals surface area contributed by atoms with Gasteiger partial charge in [-0.15, -0.1) is 0 Å². The van der Waals surface area contributed by atoms with Crippen molar-refractivity contribution >= 4 is 11.9 Å². The van der Waals surface area contributed by atoms with Crippen LogP contribution < -0.4 is 5.32 Å². The molecular formula is C22H27N3O2. The van der Waals surface area contributed by atoms with Crippen LogP contribution in [0, 0.1) is 0 Å². The largest absolute Gasteiger partial charge is 0.445 e. The molecule has 0 bridgehead atoms. The lowest BCUT2D eigenvalue weighted by Gasteiger charge is -2.24. The molecule has 1 aromatic heterocycles. The zero-order valence-corrected chi connectivity index (χ0v) is 15.6. The normalized spacial score (nSPS) is 20.0. The lowest BCUT2D eigenvalue weighted by Crippen LogP contribution is -2.31. The van der Waals surface area contributed by atoms with E-state index in [1.165, 1.54) is 25.7 Å². The van der Waals surface area contributed by atoms with E-state index in [0.29, 0.717) is 12.6 Å². The molecule has 2 aliphatic rings. The summed E-state index contributed by atoms with van der Waals surface area (Å²) in [6.07, 6.45) is 8.68. The molecule has 0 spiro atoms. The topological polar surface area (TPSA) is 54.5 Å². The number of ether oxygens (including phenoxy) is 1. The van der Waals surface area contributed by atoms with Crippen LogP contribution in [0.3, 0.4) is 0 Å². The van der Waals surface area contributed by atoms with E-state index in [4.69, 9.17) is 4.74 Å². The van der Waals surface area contributed by atoms with Crippen molar-refractivity contribution in [3.63, 3.8) is 0 Å².